The first-order valence-electron chi connectivity index (χ1n) is 10.4. The fraction of sp³-hybridized carbons (Fsp3) is 0.208. The first kappa shape index (κ1) is 20.4. The molecule has 162 valence electrons. The van der Waals surface area contributed by atoms with Crippen molar-refractivity contribution in [1.82, 2.24) is 24.3 Å². The maximum absolute atomic E-state index is 6.15. The normalized spacial score (nSPS) is 14.9. The summed E-state index contributed by atoms with van der Waals surface area (Å²) in [6.45, 7) is 5.66. The summed E-state index contributed by atoms with van der Waals surface area (Å²) < 4.78 is 16.2. The van der Waals surface area contributed by atoms with Gasteiger partial charge in [0.05, 0.1) is 5.75 Å². The minimum Gasteiger partial charge on any atom is -0.485 e. The van der Waals surface area contributed by atoms with E-state index in [0.717, 1.165) is 29.1 Å². The second-order valence-electron chi connectivity index (χ2n) is 7.35. The Morgan fingerprint density at radius 2 is 1.88 bits per heavy atom. The van der Waals surface area contributed by atoms with Crippen molar-refractivity contribution >= 4 is 11.8 Å². The second kappa shape index (κ2) is 9.32. The predicted molar refractivity (Wildman–Crippen MR) is 123 cm³/mol. The third kappa shape index (κ3) is 4.27. The molecule has 0 unspecified atom stereocenters. The highest BCUT2D eigenvalue weighted by Crippen LogP contribution is 2.36. The molecule has 4 aromatic rings. The maximum Gasteiger partial charge on any atom is 0.192 e. The largest absolute Gasteiger partial charge is 0.485 e. The van der Waals surface area contributed by atoms with Crippen LogP contribution in [0.25, 0.3) is 0 Å². The molecule has 5 rings (SSSR count). The van der Waals surface area contributed by atoms with Gasteiger partial charge in [-0.15, -0.1) is 16.8 Å². The fourth-order valence-corrected chi connectivity index (χ4v) is 4.55. The van der Waals surface area contributed by atoms with E-state index in [1.165, 1.54) is 5.56 Å². The van der Waals surface area contributed by atoms with Gasteiger partial charge in [0.25, 0.3) is 0 Å². The van der Waals surface area contributed by atoms with Gasteiger partial charge in [0, 0.05) is 25.5 Å². The molecule has 1 atom stereocenters. The number of para-hydroxylation sites is 2. The molecule has 0 saturated heterocycles. The van der Waals surface area contributed by atoms with Gasteiger partial charge in [-0.2, -0.15) is 0 Å². The Morgan fingerprint density at radius 1 is 1.06 bits per heavy atom. The molecule has 0 saturated carbocycles. The Morgan fingerprint density at radius 3 is 2.72 bits per heavy atom. The van der Waals surface area contributed by atoms with Crippen molar-refractivity contribution in [3.63, 3.8) is 0 Å². The molecule has 2 aromatic carbocycles. The Hall–Kier alpha value is -3.52. The Kier molecular flexibility index (Phi) is 5.93. The van der Waals surface area contributed by atoms with Crippen LogP contribution in [0.4, 0.5) is 0 Å². The summed E-state index contributed by atoms with van der Waals surface area (Å²) >= 11 is 1.60. The van der Waals surface area contributed by atoms with Crippen LogP contribution in [0.5, 0.6) is 11.5 Å². The molecule has 0 radical (unpaired) electrons. The molecule has 0 aliphatic carbocycles. The third-order valence-electron chi connectivity index (χ3n) is 5.18. The van der Waals surface area contributed by atoms with Gasteiger partial charge in [-0.05, 0) is 17.7 Å². The highest BCUT2D eigenvalue weighted by molar-refractivity contribution is 7.98. The molecule has 1 aliphatic heterocycles. The van der Waals surface area contributed by atoms with Crippen molar-refractivity contribution in [2.75, 3.05) is 6.61 Å². The molecule has 2 aromatic heterocycles. The van der Waals surface area contributed by atoms with E-state index in [9.17, 15) is 0 Å². The van der Waals surface area contributed by atoms with E-state index in [4.69, 9.17) is 9.47 Å². The van der Waals surface area contributed by atoms with Crippen molar-refractivity contribution in [3.05, 3.63) is 96.9 Å². The van der Waals surface area contributed by atoms with E-state index in [2.05, 4.69) is 50.6 Å². The van der Waals surface area contributed by atoms with Crippen LogP contribution in [-0.2, 0) is 18.8 Å². The summed E-state index contributed by atoms with van der Waals surface area (Å²) in [6, 6.07) is 18.0. The van der Waals surface area contributed by atoms with Crippen LogP contribution in [0, 0.1) is 0 Å². The molecule has 7 nitrogen and oxygen atoms in total. The van der Waals surface area contributed by atoms with Gasteiger partial charge in [0.15, 0.2) is 28.6 Å². The van der Waals surface area contributed by atoms with Gasteiger partial charge in [0.2, 0.25) is 0 Å². The van der Waals surface area contributed by atoms with Crippen LogP contribution in [0.1, 0.15) is 23.3 Å². The standard InChI is InChI=1S/C24H23N5O2S/c1-2-13-29-23(21-16-30-19-10-6-7-11-20(19)31-21)26-27-24(29)32-17-22-25-12-14-28(22)15-18-8-4-3-5-9-18/h2-12,14,21H,1,13,15-17H2/t21-/m0/s1. The van der Waals surface area contributed by atoms with E-state index in [1.807, 2.05) is 53.4 Å². The van der Waals surface area contributed by atoms with Crippen molar-refractivity contribution in [1.29, 1.82) is 0 Å². The van der Waals surface area contributed by atoms with Gasteiger partial charge in [-0.1, -0.05) is 60.3 Å². The van der Waals surface area contributed by atoms with Gasteiger partial charge < -0.3 is 14.0 Å². The molecule has 0 N–H and O–H groups in total. The lowest BCUT2D eigenvalue weighted by Crippen LogP contribution is -2.25. The number of aromatic nitrogens is 5. The molecule has 1 aliphatic rings. The molecule has 0 fully saturated rings. The number of imidazole rings is 1. The topological polar surface area (TPSA) is 67.0 Å². The highest BCUT2D eigenvalue weighted by atomic mass is 32.2. The first-order chi connectivity index (χ1) is 15.8. The van der Waals surface area contributed by atoms with Crippen molar-refractivity contribution in [2.24, 2.45) is 0 Å². The smallest absolute Gasteiger partial charge is 0.192 e. The molecule has 0 amide bonds. The van der Waals surface area contributed by atoms with E-state index >= 15 is 0 Å². The summed E-state index contributed by atoms with van der Waals surface area (Å²) in [5.41, 5.74) is 1.24. The third-order valence-corrected chi connectivity index (χ3v) is 6.14. The predicted octanol–water partition coefficient (Wildman–Crippen LogP) is 4.51. The lowest BCUT2D eigenvalue weighted by atomic mass is 10.2. The van der Waals surface area contributed by atoms with E-state index in [0.29, 0.717) is 24.7 Å². The van der Waals surface area contributed by atoms with Gasteiger partial charge in [-0.25, -0.2) is 4.98 Å². The Bertz CT molecular complexity index is 1200. The zero-order valence-corrected chi connectivity index (χ0v) is 18.3. The number of ether oxygens (including phenoxy) is 2. The number of rotatable bonds is 8. The SMILES string of the molecule is C=CCn1c(SCc2nccn2Cc2ccccc2)nnc1[C@@H]1COc2ccccc2O1. The van der Waals surface area contributed by atoms with Crippen molar-refractivity contribution in [3.8, 4) is 11.5 Å². The summed E-state index contributed by atoms with van der Waals surface area (Å²) in [4.78, 5) is 4.54. The second-order valence-corrected chi connectivity index (χ2v) is 8.29. The Balaban J connectivity index is 1.32. The van der Waals surface area contributed by atoms with E-state index in [-0.39, 0.29) is 6.10 Å². The van der Waals surface area contributed by atoms with Crippen molar-refractivity contribution in [2.45, 2.75) is 30.1 Å². The highest BCUT2D eigenvalue weighted by Gasteiger charge is 2.28. The number of benzene rings is 2. The summed E-state index contributed by atoms with van der Waals surface area (Å²) in [5, 5.41) is 9.67. The van der Waals surface area contributed by atoms with E-state index < -0.39 is 0 Å². The number of hydrogen-bond donors (Lipinski definition) is 0. The van der Waals surface area contributed by atoms with Crippen LogP contribution in [-0.4, -0.2) is 30.9 Å². The van der Waals surface area contributed by atoms with Crippen LogP contribution in [0.15, 0.2) is 84.8 Å². The van der Waals surface area contributed by atoms with Crippen LogP contribution in [0.2, 0.25) is 0 Å². The quantitative estimate of drug-likeness (QED) is 0.294. The van der Waals surface area contributed by atoms with Crippen LogP contribution < -0.4 is 9.47 Å². The first-order valence-corrected chi connectivity index (χ1v) is 11.4. The molecule has 8 heteroatoms. The van der Waals surface area contributed by atoms with Gasteiger partial charge in [0.1, 0.15) is 12.4 Å². The minimum atomic E-state index is -0.327. The number of fused-ring (bicyclic) bond motifs is 1. The minimum absolute atomic E-state index is 0.327. The molecule has 0 spiro atoms. The van der Waals surface area contributed by atoms with E-state index in [1.54, 1.807) is 11.8 Å². The number of hydrogen-bond acceptors (Lipinski definition) is 6. The maximum atomic E-state index is 6.15. The van der Waals surface area contributed by atoms with Crippen LogP contribution >= 0.6 is 11.8 Å². The van der Waals surface area contributed by atoms with Gasteiger partial charge in [-0.3, -0.25) is 4.57 Å². The Labute approximate surface area is 190 Å². The average Bonchev–Trinajstić information content (AvgIpc) is 3.45. The monoisotopic (exact) mass is 445 g/mol. The molecular formula is C24H23N5O2S. The van der Waals surface area contributed by atoms with Crippen molar-refractivity contribution < 1.29 is 9.47 Å². The number of nitrogens with zero attached hydrogens (tertiary/aromatic N) is 5. The number of allylic oxidation sites excluding steroid dienone is 1. The zero-order valence-electron chi connectivity index (χ0n) is 17.5. The zero-order chi connectivity index (χ0) is 21.8. The molecule has 3 heterocycles. The molecule has 32 heavy (non-hydrogen) atoms. The summed E-state index contributed by atoms with van der Waals surface area (Å²) in [5.74, 6) is 3.86. The molecular weight excluding hydrogens is 422 g/mol. The number of thioether (sulfide) groups is 1. The lowest BCUT2D eigenvalue weighted by molar-refractivity contribution is 0.0821. The fourth-order valence-electron chi connectivity index (χ4n) is 3.63. The summed E-state index contributed by atoms with van der Waals surface area (Å²) in [7, 11) is 0. The van der Waals surface area contributed by atoms with Gasteiger partial charge >= 0.3 is 0 Å². The lowest BCUT2D eigenvalue weighted by Gasteiger charge is -2.26. The van der Waals surface area contributed by atoms with Crippen LogP contribution in [0.3, 0.4) is 0 Å². The average molecular weight is 446 g/mol. The summed E-state index contributed by atoms with van der Waals surface area (Å²) in [6.07, 6.45) is 5.36. The molecule has 0 bridgehead atoms.